The van der Waals surface area contributed by atoms with Gasteiger partial charge in [0.15, 0.2) is 0 Å². The van der Waals surface area contributed by atoms with Crippen molar-refractivity contribution in [2.24, 2.45) is 0 Å². The Bertz CT molecular complexity index is 531. The topological polar surface area (TPSA) is 75.6 Å². The van der Waals surface area contributed by atoms with Crippen LogP contribution in [-0.4, -0.2) is 30.1 Å². The third-order valence-electron chi connectivity index (χ3n) is 3.32. The molecule has 0 saturated heterocycles. The molecule has 0 atom stereocenters. The summed E-state index contributed by atoms with van der Waals surface area (Å²) in [5.74, 6) is 0.316. The first-order valence-electron chi connectivity index (χ1n) is 7.81. The lowest BCUT2D eigenvalue weighted by Crippen LogP contribution is -2.25. The normalized spacial score (nSPS) is 10.6. The van der Waals surface area contributed by atoms with Crippen LogP contribution in [0.2, 0.25) is 0 Å². The van der Waals surface area contributed by atoms with Crippen LogP contribution in [0, 0.1) is 0 Å². The highest BCUT2D eigenvalue weighted by atomic mass is 79.9. The molecule has 2 N–H and O–H groups in total. The van der Waals surface area contributed by atoms with Crippen molar-refractivity contribution in [3.05, 3.63) is 28.2 Å². The Kier molecular flexibility index (Phi) is 8.69. The molecule has 0 radical (unpaired) electrons. The highest BCUT2D eigenvalue weighted by Crippen LogP contribution is 2.28. The minimum atomic E-state index is -0.846. The SMILES string of the molecule is CC(C)c1ccc(OCCCC(=O)NCCCC(=O)O)c(Br)c1. The molecule has 1 rings (SSSR count). The second-order valence-corrected chi connectivity index (χ2v) is 6.50. The highest BCUT2D eigenvalue weighted by Gasteiger charge is 2.06. The maximum atomic E-state index is 11.6. The number of benzene rings is 1. The van der Waals surface area contributed by atoms with Gasteiger partial charge in [-0.15, -0.1) is 0 Å². The predicted octanol–water partition coefficient (Wildman–Crippen LogP) is 3.71. The summed E-state index contributed by atoms with van der Waals surface area (Å²) in [5, 5.41) is 11.2. The first kappa shape index (κ1) is 19.5. The van der Waals surface area contributed by atoms with Gasteiger partial charge < -0.3 is 15.2 Å². The maximum absolute atomic E-state index is 11.6. The van der Waals surface area contributed by atoms with E-state index < -0.39 is 5.97 Å². The summed E-state index contributed by atoms with van der Waals surface area (Å²) in [7, 11) is 0. The Balaban J connectivity index is 2.22. The van der Waals surface area contributed by atoms with E-state index in [-0.39, 0.29) is 12.3 Å². The van der Waals surface area contributed by atoms with Gasteiger partial charge in [0.2, 0.25) is 5.91 Å². The third-order valence-corrected chi connectivity index (χ3v) is 3.94. The molecule has 1 amide bonds. The Labute approximate surface area is 145 Å². The minimum Gasteiger partial charge on any atom is -0.492 e. The van der Waals surface area contributed by atoms with Gasteiger partial charge in [0, 0.05) is 19.4 Å². The first-order valence-corrected chi connectivity index (χ1v) is 8.60. The molecule has 0 spiro atoms. The summed E-state index contributed by atoms with van der Waals surface area (Å²) in [6.07, 6.45) is 1.51. The van der Waals surface area contributed by atoms with Gasteiger partial charge in [0.05, 0.1) is 11.1 Å². The van der Waals surface area contributed by atoms with Crippen LogP contribution in [-0.2, 0) is 9.59 Å². The fourth-order valence-electron chi connectivity index (χ4n) is 1.96. The van der Waals surface area contributed by atoms with Gasteiger partial charge in [-0.1, -0.05) is 19.9 Å². The van der Waals surface area contributed by atoms with Gasteiger partial charge in [-0.05, 0) is 52.4 Å². The number of hydrogen-bond donors (Lipinski definition) is 2. The number of halogens is 1. The fourth-order valence-corrected chi connectivity index (χ4v) is 2.47. The van der Waals surface area contributed by atoms with E-state index in [2.05, 4.69) is 41.2 Å². The van der Waals surface area contributed by atoms with Gasteiger partial charge in [-0.25, -0.2) is 0 Å². The smallest absolute Gasteiger partial charge is 0.303 e. The van der Waals surface area contributed by atoms with Crippen molar-refractivity contribution in [1.82, 2.24) is 5.32 Å². The van der Waals surface area contributed by atoms with Crippen molar-refractivity contribution < 1.29 is 19.4 Å². The number of carboxylic acid groups (broad SMARTS) is 1. The number of ether oxygens (including phenoxy) is 1. The number of amides is 1. The minimum absolute atomic E-state index is 0.0732. The number of carbonyl (C=O) groups excluding carboxylic acids is 1. The van der Waals surface area contributed by atoms with Crippen molar-refractivity contribution in [3.8, 4) is 5.75 Å². The molecule has 1 aromatic carbocycles. The van der Waals surface area contributed by atoms with Crippen LogP contribution in [0.3, 0.4) is 0 Å². The lowest BCUT2D eigenvalue weighted by molar-refractivity contribution is -0.137. The molecule has 0 unspecified atom stereocenters. The Morgan fingerprint density at radius 2 is 2.00 bits per heavy atom. The summed E-state index contributed by atoms with van der Waals surface area (Å²) in [6, 6.07) is 6.03. The summed E-state index contributed by atoms with van der Waals surface area (Å²) < 4.78 is 6.59. The van der Waals surface area contributed by atoms with E-state index in [0.717, 1.165) is 10.2 Å². The molecule has 1 aromatic rings. The summed E-state index contributed by atoms with van der Waals surface area (Å²) in [5.41, 5.74) is 1.24. The zero-order valence-electron chi connectivity index (χ0n) is 13.6. The van der Waals surface area contributed by atoms with E-state index in [1.165, 1.54) is 5.56 Å². The third kappa shape index (κ3) is 8.02. The molecule has 0 aromatic heterocycles. The predicted molar refractivity (Wildman–Crippen MR) is 92.8 cm³/mol. The standard InChI is InChI=1S/C17H24BrNO4/c1-12(2)13-7-8-15(14(18)11-13)23-10-4-5-16(20)19-9-3-6-17(21)22/h7-8,11-12H,3-6,9-10H2,1-2H3,(H,19,20)(H,21,22). The Morgan fingerprint density at radius 3 is 2.61 bits per heavy atom. The van der Waals surface area contributed by atoms with Crippen LogP contribution in [0.15, 0.2) is 22.7 Å². The molecule has 0 bridgehead atoms. The number of carbonyl (C=O) groups is 2. The second-order valence-electron chi connectivity index (χ2n) is 5.64. The van der Waals surface area contributed by atoms with E-state index in [1.807, 2.05) is 12.1 Å². The van der Waals surface area contributed by atoms with Crippen LogP contribution in [0.1, 0.15) is 51.0 Å². The second kappa shape index (κ2) is 10.3. The van der Waals surface area contributed by atoms with Gasteiger partial charge in [-0.2, -0.15) is 0 Å². The molecule has 0 fully saturated rings. The molecule has 0 aliphatic rings. The first-order chi connectivity index (χ1) is 10.9. The summed E-state index contributed by atoms with van der Waals surface area (Å²) in [4.78, 5) is 21.9. The van der Waals surface area contributed by atoms with E-state index >= 15 is 0 Å². The molecule has 5 nitrogen and oxygen atoms in total. The monoisotopic (exact) mass is 385 g/mol. The largest absolute Gasteiger partial charge is 0.492 e. The van der Waals surface area contributed by atoms with Gasteiger partial charge >= 0.3 is 5.97 Å². The highest BCUT2D eigenvalue weighted by molar-refractivity contribution is 9.10. The number of aliphatic carboxylic acids is 1. The quantitative estimate of drug-likeness (QED) is 0.601. The number of nitrogens with one attached hydrogen (secondary N) is 1. The van der Waals surface area contributed by atoms with Gasteiger partial charge in [0.1, 0.15) is 5.75 Å². The average Bonchev–Trinajstić information content (AvgIpc) is 2.49. The van der Waals surface area contributed by atoms with Crippen LogP contribution < -0.4 is 10.1 Å². The summed E-state index contributed by atoms with van der Waals surface area (Å²) >= 11 is 3.50. The number of carboxylic acids is 1. The molecule has 0 aliphatic carbocycles. The zero-order chi connectivity index (χ0) is 17.2. The lowest BCUT2D eigenvalue weighted by atomic mass is 10.0. The molecule has 0 heterocycles. The van der Waals surface area contributed by atoms with Crippen LogP contribution in [0.4, 0.5) is 0 Å². The van der Waals surface area contributed by atoms with Gasteiger partial charge in [0.25, 0.3) is 0 Å². The maximum Gasteiger partial charge on any atom is 0.303 e. The molecule has 6 heteroatoms. The van der Waals surface area contributed by atoms with Gasteiger partial charge in [-0.3, -0.25) is 9.59 Å². The molecule has 23 heavy (non-hydrogen) atoms. The molecule has 0 saturated carbocycles. The van der Waals surface area contributed by atoms with Crippen molar-refractivity contribution in [3.63, 3.8) is 0 Å². The van der Waals surface area contributed by atoms with Crippen LogP contribution >= 0.6 is 15.9 Å². The fraction of sp³-hybridized carbons (Fsp3) is 0.529. The van der Waals surface area contributed by atoms with Crippen molar-refractivity contribution in [2.45, 2.75) is 45.4 Å². The molecular weight excluding hydrogens is 362 g/mol. The Morgan fingerprint density at radius 1 is 1.26 bits per heavy atom. The van der Waals surface area contributed by atoms with E-state index in [1.54, 1.807) is 0 Å². The van der Waals surface area contributed by atoms with Crippen LogP contribution in [0.5, 0.6) is 5.75 Å². The van der Waals surface area contributed by atoms with Crippen LogP contribution in [0.25, 0.3) is 0 Å². The Hall–Kier alpha value is -1.56. The van der Waals surface area contributed by atoms with Crippen molar-refractivity contribution >= 4 is 27.8 Å². The van der Waals surface area contributed by atoms with Crippen molar-refractivity contribution in [1.29, 1.82) is 0 Å². The van der Waals surface area contributed by atoms with E-state index in [4.69, 9.17) is 9.84 Å². The lowest BCUT2D eigenvalue weighted by Gasteiger charge is -2.11. The molecule has 0 aliphatic heterocycles. The zero-order valence-corrected chi connectivity index (χ0v) is 15.2. The van der Waals surface area contributed by atoms with E-state index in [9.17, 15) is 9.59 Å². The van der Waals surface area contributed by atoms with E-state index in [0.29, 0.717) is 38.3 Å². The molecular formula is C17H24BrNO4. The molecule has 128 valence electrons. The van der Waals surface area contributed by atoms with Crippen molar-refractivity contribution in [2.75, 3.05) is 13.2 Å². The summed E-state index contributed by atoms with van der Waals surface area (Å²) in [6.45, 7) is 5.13. The number of rotatable bonds is 10. The average molecular weight is 386 g/mol. The number of hydrogen-bond acceptors (Lipinski definition) is 3.